The van der Waals surface area contributed by atoms with E-state index >= 15 is 0 Å². The Morgan fingerprint density at radius 3 is 2.43 bits per heavy atom. The summed E-state index contributed by atoms with van der Waals surface area (Å²) in [6, 6.07) is 15.3. The van der Waals surface area contributed by atoms with Gasteiger partial charge in [-0.15, -0.1) is 0 Å². The molecule has 0 radical (unpaired) electrons. The molecule has 3 N–H and O–H groups in total. The maximum Gasteiger partial charge on any atom is 0.0721 e. The minimum atomic E-state index is 0.00900. The van der Waals surface area contributed by atoms with Crippen molar-refractivity contribution in [3.05, 3.63) is 69.2 Å². The van der Waals surface area contributed by atoms with E-state index in [0.29, 0.717) is 0 Å². The van der Waals surface area contributed by atoms with Gasteiger partial charge in [0.2, 0.25) is 0 Å². The third-order valence-electron chi connectivity index (χ3n) is 4.48. The van der Waals surface area contributed by atoms with Crippen molar-refractivity contribution < 1.29 is 0 Å². The Labute approximate surface area is 134 Å². The molecule has 1 fully saturated rings. The van der Waals surface area contributed by atoms with Gasteiger partial charge in [0, 0.05) is 4.47 Å². The van der Waals surface area contributed by atoms with Crippen molar-refractivity contribution in [2.75, 3.05) is 0 Å². The van der Waals surface area contributed by atoms with E-state index in [-0.39, 0.29) is 6.04 Å². The minimum absolute atomic E-state index is 0.00900. The van der Waals surface area contributed by atoms with Crippen LogP contribution in [-0.2, 0) is 0 Å². The maximum absolute atomic E-state index is 5.82. The van der Waals surface area contributed by atoms with Crippen LogP contribution in [0.15, 0.2) is 46.9 Å². The predicted molar refractivity (Wildman–Crippen MR) is 91.1 cm³/mol. The molecule has 1 unspecified atom stereocenters. The van der Waals surface area contributed by atoms with Crippen LogP contribution >= 0.6 is 15.9 Å². The maximum atomic E-state index is 5.82. The Balaban J connectivity index is 1.90. The third-order valence-corrected chi connectivity index (χ3v) is 5.20. The molecular formula is C18H21BrN2. The molecule has 110 valence electrons. The third kappa shape index (κ3) is 3.05. The second kappa shape index (κ2) is 6.30. The number of aryl methyl sites for hydroxylation is 1. The first-order chi connectivity index (χ1) is 10.2. The molecule has 0 aromatic heterocycles. The Hall–Kier alpha value is -1.16. The molecular weight excluding hydrogens is 324 g/mol. The van der Waals surface area contributed by atoms with Gasteiger partial charge in [-0.1, -0.05) is 64.3 Å². The second-order valence-electron chi connectivity index (χ2n) is 5.92. The SMILES string of the molecule is Cc1ccc(Br)c(C(NN)c2ccc(C3CCC3)cc2)c1. The number of hydrogen-bond acceptors (Lipinski definition) is 2. The molecule has 0 saturated heterocycles. The number of hydrazine groups is 1. The fourth-order valence-electron chi connectivity index (χ4n) is 2.95. The standard InChI is InChI=1S/C18H21BrN2/c1-12-5-10-17(19)16(11-12)18(21-20)15-8-6-14(7-9-15)13-3-2-4-13/h5-11,13,18,21H,2-4,20H2,1H3. The average molecular weight is 345 g/mol. The van der Waals surface area contributed by atoms with E-state index in [2.05, 4.69) is 70.7 Å². The molecule has 2 aromatic rings. The van der Waals surface area contributed by atoms with Crippen LogP contribution in [0, 0.1) is 6.92 Å². The number of hydrogen-bond donors (Lipinski definition) is 2. The zero-order valence-electron chi connectivity index (χ0n) is 12.3. The topological polar surface area (TPSA) is 38.0 Å². The summed E-state index contributed by atoms with van der Waals surface area (Å²) in [6.45, 7) is 2.10. The summed E-state index contributed by atoms with van der Waals surface area (Å²) in [4.78, 5) is 0. The Morgan fingerprint density at radius 2 is 1.86 bits per heavy atom. The summed E-state index contributed by atoms with van der Waals surface area (Å²) in [5.41, 5.74) is 8.02. The van der Waals surface area contributed by atoms with Gasteiger partial charge in [0.1, 0.15) is 0 Å². The average Bonchev–Trinajstić information content (AvgIpc) is 2.43. The molecule has 2 nitrogen and oxygen atoms in total. The number of nitrogens with two attached hydrogens (primary N) is 1. The van der Waals surface area contributed by atoms with Crippen molar-refractivity contribution in [1.29, 1.82) is 0 Å². The normalized spacial score (nSPS) is 16.5. The molecule has 2 aromatic carbocycles. The van der Waals surface area contributed by atoms with Crippen LogP contribution in [0.1, 0.15) is 53.5 Å². The Bertz CT molecular complexity index is 618. The number of halogens is 1. The van der Waals surface area contributed by atoms with Gasteiger partial charge in [0.15, 0.2) is 0 Å². The van der Waals surface area contributed by atoms with Crippen LogP contribution in [0.3, 0.4) is 0 Å². The van der Waals surface area contributed by atoms with E-state index in [1.165, 1.54) is 41.5 Å². The molecule has 0 amide bonds. The van der Waals surface area contributed by atoms with Gasteiger partial charge in [-0.2, -0.15) is 0 Å². The Kier molecular flexibility index (Phi) is 4.43. The van der Waals surface area contributed by atoms with Crippen molar-refractivity contribution in [3.8, 4) is 0 Å². The lowest BCUT2D eigenvalue weighted by Crippen LogP contribution is -2.29. The summed E-state index contributed by atoms with van der Waals surface area (Å²) in [6.07, 6.45) is 4.04. The first-order valence-electron chi connectivity index (χ1n) is 7.51. The van der Waals surface area contributed by atoms with Crippen molar-refractivity contribution in [1.82, 2.24) is 5.43 Å². The van der Waals surface area contributed by atoms with Gasteiger partial charge >= 0.3 is 0 Å². The second-order valence-corrected chi connectivity index (χ2v) is 6.77. The van der Waals surface area contributed by atoms with Crippen LogP contribution in [-0.4, -0.2) is 0 Å². The summed E-state index contributed by atoms with van der Waals surface area (Å²) in [5.74, 6) is 6.59. The highest BCUT2D eigenvalue weighted by Gasteiger charge is 2.20. The van der Waals surface area contributed by atoms with Crippen LogP contribution in [0.4, 0.5) is 0 Å². The first kappa shape index (κ1) is 14.8. The molecule has 21 heavy (non-hydrogen) atoms. The molecule has 1 atom stereocenters. The van der Waals surface area contributed by atoms with Crippen LogP contribution < -0.4 is 11.3 Å². The van der Waals surface area contributed by atoms with Crippen LogP contribution in [0.2, 0.25) is 0 Å². The predicted octanol–water partition coefficient (Wildman–Crippen LogP) is 4.58. The highest BCUT2D eigenvalue weighted by molar-refractivity contribution is 9.10. The lowest BCUT2D eigenvalue weighted by molar-refractivity contribution is 0.419. The molecule has 3 rings (SSSR count). The zero-order valence-corrected chi connectivity index (χ0v) is 13.9. The molecule has 1 aliphatic carbocycles. The Morgan fingerprint density at radius 1 is 1.14 bits per heavy atom. The van der Waals surface area contributed by atoms with Gasteiger partial charge in [0.05, 0.1) is 6.04 Å². The highest BCUT2D eigenvalue weighted by atomic mass is 79.9. The quantitative estimate of drug-likeness (QED) is 0.629. The van der Waals surface area contributed by atoms with Crippen molar-refractivity contribution in [3.63, 3.8) is 0 Å². The highest BCUT2D eigenvalue weighted by Crippen LogP contribution is 2.37. The van der Waals surface area contributed by atoms with E-state index in [1.54, 1.807) is 0 Å². The molecule has 1 aliphatic rings. The summed E-state index contributed by atoms with van der Waals surface area (Å²) >= 11 is 3.63. The van der Waals surface area contributed by atoms with E-state index in [1.807, 2.05) is 0 Å². The van der Waals surface area contributed by atoms with E-state index in [4.69, 9.17) is 5.84 Å². The van der Waals surface area contributed by atoms with Crippen LogP contribution in [0.5, 0.6) is 0 Å². The summed E-state index contributed by atoms with van der Waals surface area (Å²) < 4.78 is 1.08. The fourth-order valence-corrected chi connectivity index (χ4v) is 3.43. The summed E-state index contributed by atoms with van der Waals surface area (Å²) in [7, 11) is 0. The molecule has 1 saturated carbocycles. The monoisotopic (exact) mass is 344 g/mol. The van der Waals surface area contributed by atoms with E-state index < -0.39 is 0 Å². The van der Waals surface area contributed by atoms with Gasteiger partial charge < -0.3 is 0 Å². The smallest absolute Gasteiger partial charge is 0.0721 e. The minimum Gasteiger partial charge on any atom is -0.271 e. The summed E-state index contributed by atoms with van der Waals surface area (Å²) in [5, 5.41) is 0. The number of nitrogens with one attached hydrogen (secondary N) is 1. The van der Waals surface area contributed by atoms with Gasteiger partial charge in [-0.05, 0) is 48.4 Å². The van der Waals surface area contributed by atoms with Crippen LogP contribution in [0.25, 0.3) is 0 Å². The molecule has 0 bridgehead atoms. The molecule has 3 heteroatoms. The lowest BCUT2D eigenvalue weighted by atomic mass is 9.79. The van der Waals surface area contributed by atoms with Gasteiger partial charge in [-0.25, -0.2) is 5.43 Å². The number of rotatable bonds is 4. The molecule has 0 heterocycles. The number of benzene rings is 2. The van der Waals surface area contributed by atoms with Gasteiger partial charge in [0.25, 0.3) is 0 Å². The largest absolute Gasteiger partial charge is 0.271 e. The van der Waals surface area contributed by atoms with Gasteiger partial charge in [-0.3, -0.25) is 5.84 Å². The van der Waals surface area contributed by atoms with Crippen molar-refractivity contribution in [2.24, 2.45) is 5.84 Å². The van der Waals surface area contributed by atoms with Crippen molar-refractivity contribution in [2.45, 2.75) is 38.1 Å². The first-order valence-corrected chi connectivity index (χ1v) is 8.30. The van der Waals surface area contributed by atoms with E-state index in [0.717, 1.165) is 10.4 Å². The van der Waals surface area contributed by atoms with E-state index in [9.17, 15) is 0 Å². The molecule has 0 spiro atoms. The lowest BCUT2D eigenvalue weighted by Gasteiger charge is -2.26. The zero-order chi connectivity index (χ0) is 14.8. The van der Waals surface area contributed by atoms with Crippen molar-refractivity contribution >= 4 is 15.9 Å². The molecule has 0 aliphatic heterocycles. The fraction of sp³-hybridized carbons (Fsp3) is 0.333.